The molecule has 1 aromatic carbocycles. The maximum absolute atomic E-state index is 8.33. The van der Waals surface area contributed by atoms with E-state index in [4.69, 9.17) is 17.0 Å². The van der Waals surface area contributed by atoms with Crippen LogP contribution in [0.25, 0.3) is 4.98 Å². The zero-order valence-corrected chi connectivity index (χ0v) is 7.22. The first kappa shape index (κ1) is 7.52. The summed E-state index contributed by atoms with van der Waals surface area (Å²) < 4.78 is 0.866. The Balaban J connectivity index is 3.23. The van der Waals surface area contributed by atoms with Gasteiger partial charge in [0.15, 0.2) is 4.98 Å². The molecule has 0 aliphatic rings. The second kappa shape index (κ2) is 3.00. The van der Waals surface area contributed by atoms with Gasteiger partial charge in [0.05, 0.1) is 0 Å². The van der Waals surface area contributed by atoms with Gasteiger partial charge in [-0.2, -0.15) is 0 Å². The Morgan fingerprint density at radius 3 is 2.70 bits per heavy atom. The Morgan fingerprint density at radius 2 is 2.20 bits per heavy atom. The van der Waals surface area contributed by atoms with Gasteiger partial charge in [-0.25, -0.2) is 0 Å². The first-order chi connectivity index (χ1) is 4.74. The van der Waals surface area contributed by atoms with Crippen LogP contribution in [0, 0.1) is 5.39 Å². The van der Waals surface area contributed by atoms with Crippen LogP contribution in [0.1, 0.15) is 0 Å². The third kappa shape index (κ3) is 1.47. The molecule has 0 bridgehead atoms. The molecule has 0 saturated carbocycles. The molecule has 2 nitrogen and oxygen atoms in total. The van der Waals surface area contributed by atoms with Gasteiger partial charge >= 0.3 is 5.69 Å². The smallest absolute Gasteiger partial charge is 0.0754 e. The molecule has 0 N–H and O–H groups in total. The maximum atomic E-state index is 8.33. The second-order valence-electron chi connectivity index (χ2n) is 1.70. The molecule has 0 aliphatic carbocycles. The average molecular weight is 218 g/mol. The topological polar surface area (TPSA) is 28.1 Å². The molecule has 0 spiro atoms. The molecule has 0 amide bonds. The lowest BCUT2D eigenvalue weighted by molar-refractivity contribution is 1.46. The molecule has 0 aliphatic heterocycles. The number of nitrogens with zero attached hydrogens (tertiary/aromatic N) is 2. The summed E-state index contributed by atoms with van der Waals surface area (Å²) in [5, 5.41) is 8.76. The highest BCUT2D eigenvalue weighted by Crippen LogP contribution is 2.27. The fourth-order valence-electron chi connectivity index (χ4n) is 0.562. The van der Waals surface area contributed by atoms with Gasteiger partial charge in [0.25, 0.3) is 0 Å². The molecule has 50 valence electrons. The van der Waals surface area contributed by atoms with Gasteiger partial charge in [0.1, 0.15) is 5.02 Å². The fourth-order valence-corrected chi connectivity index (χ4v) is 1.27. The Labute approximate surface area is 71.6 Å². The molecule has 0 atom stereocenters. The number of hydrogen-bond acceptors (Lipinski definition) is 1. The van der Waals surface area contributed by atoms with Crippen molar-refractivity contribution in [2.75, 3.05) is 0 Å². The first-order valence-electron chi connectivity index (χ1n) is 2.54. The standard InChI is InChI=1S/C6H3BrClN2/c7-4-1-2-6(10-9)5(8)3-4/h1-3H/q+1. The van der Waals surface area contributed by atoms with Crippen molar-refractivity contribution in [1.82, 2.24) is 0 Å². The number of halogens is 2. The third-order valence-corrected chi connectivity index (χ3v) is 1.81. The van der Waals surface area contributed by atoms with E-state index in [0.717, 1.165) is 4.47 Å². The Morgan fingerprint density at radius 1 is 1.50 bits per heavy atom. The van der Waals surface area contributed by atoms with Gasteiger partial charge in [-0.1, -0.05) is 27.5 Å². The lowest BCUT2D eigenvalue weighted by Crippen LogP contribution is -1.65. The van der Waals surface area contributed by atoms with Crippen LogP contribution in [-0.2, 0) is 0 Å². The molecule has 0 saturated heterocycles. The molecule has 0 fully saturated rings. The molecular weight excluding hydrogens is 215 g/mol. The Kier molecular flexibility index (Phi) is 2.25. The number of hydrogen-bond donors (Lipinski definition) is 0. The van der Waals surface area contributed by atoms with Crippen LogP contribution in [0.4, 0.5) is 5.69 Å². The summed E-state index contributed by atoms with van der Waals surface area (Å²) in [5.41, 5.74) is 0.380. The highest BCUT2D eigenvalue weighted by atomic mass is 79.9. The van der Waals surface area contributed by atoms with Gasteiger partial charge in [0.2, 0.25) is 5.39 Å². The number of diazo groups is 1. The van der Waals surface area contributed by atoms with E-state index in [0.29, 0.717) is 10.7 Å². The maximum Gasteiger partial charge on any atom is 0.403 e. The van der Waals surface area contributed by atoms with Crippen LogP contribution in [0.5, 0.6) is 0 Å². The van der Waals surface area contributed by atoms with E-state index in [1.54, 1.807) is 18.2 Å². The van der Waals surface area contributed by atoms with Crippen molar-refractivity contribution in [2.24, 2.45) is 0 Å². The van der Waals surface area contributed by atoms with E-state index in [9.17, 15) is 0 Å². The molecular formula is C6H3BrClN2+. The van der Waals surface area contributed by atoms with Gasteiger partial charge in [-0.05, 0) is 12.1 Å². The lowest BCUT2D eigenvalue weighted by atomic mass is 10.3. The van der Waals surface area contributed by atoms with Gasteiger partial charge in [-0.3, -0.25) is 0 Å². The van der Waals surface area contributed by atoms with E-state index >= 15 is 0 Å². The SMILES string of the molecule is N#[N+]c1ccc(Br)cc1Cl. The van der Waals surface area contributed by atoms with Crippen LogP contribution < -0.4 is 0 Å². The third-order valence-electron chi connectivity index (χ3n) is 1.02. The highest BCUT2D eigenvalue weighted by molar-refractivity contribution is 9.10. The van der Waals surface area contributed by atoms with Crippen molar-refractivity contribution in [3.63, 3.8) is 0 Å². The molecule has 0 aromatic heterocycles. The number of benzene rings is 1. The van der Waals surface area contributed by atoms with Gasteiger partial charge in [-0.15, -0.1) is 0 Å². The summed E-state index contributed by atoms with van der Waals surface area (Å²) in [5.74, 6) is 0. The monoisotopic (exact) mass is 217 g/mol. The molecule has 1 rings (SSSR count). The second-order valence-corrected chi connectivity index (χ2v) is 3.02. The van der Waals surface area contributed by atoms with Crippen molar-refractivity contribution in [3.8, 4) is 0 Å². The van der Waals surface area contributed by atoms with Crippen molar-refractivity contribution in [1.29, 1.82) is 5.39 Å². The summed E-state index contributed by atoms with van der Waals surface area (Å²) in [6.07, 6.45) is 0. The predicted octanol–water partition coefficient (Wildman–Crippen LogP) is 3.59. The molecule has 10 heavy (non-hydrogen) atoms. The summed E-state index contributed by atoms with van der Waals surface area (Å²) in [4.78, 5) is 2.96. The zero-order chi connectivity index (χ0) is 7.56. The van der Waals surface area contributed by atoms with Crippen LogP contribution in [-0.4, -0.2) is 0 Å². The molecule has 0 unspecified atom stereocenters. The zero-order valence-electron chi connectivity index (χ0n) is 4.88. The van der Waals surface area contributed by atoms with E-state index in [1.807, 2.05) is 0 Å². The Bertz CT molecular complexity index is 292. The van der Waals surface area contributed by atoms with E-state index < -0.39 is 0 Å². The Hall–Kier alpha value is -0.590. The first-order valence-corrected chi connectivity index (χ1v) is 3.71. The quantitative estimate of drug-likeness (QED) is 0.612. The van der Waals surface area contributed by atoms with Crippen molar-refractivity contribution in [2.45, 2.75) is 0 Å². The lowest BCUT2D eigenvalue weighted by Gasteiger charge is -1.85. The molecule has 0 heterocycles. The van der Waals surface area contributed by atoms with Crippen molar-refractivity contribution < 1.29 is 0 Å². The molecule has 0 radical (unpaired) electrons. The number of rotatable bonds is 0. The summed E-state index contributed by atoms with van der Waals surface area (Å²) >= 11 is 8.86. The van der Waals surface area contributed by atoms with E-state index in [1.165, 1.54) is 0 Å². The van der Waals surface area contributed by atoms with Crippen LogP contribution in [0.3, 0.4) is 0 Å². The minimum absolute atomic E-state index is 0.380. The van der Waals surface area contributed by atoms with Crippen LogP contribution in [0.2, 0.25) is 5.02 Å². The predicted molar refractivity (Wildman–Crippen MR) is 43.9 cm³/mol. The van der Waals surface area contributed by atoms with E-state index in [-0.39, 0.29) is 0 Å². The largest absolute Gasteiger partial charge is 0.403 e. The normalized spacial score (nSPS) is 8.90. The van der Waals surface area contributed by atoms with Crippen LogP contribution in [0.15, 0.2) is 22.7 Å². The summed E-state index contributed by atoms with van der Waals surface area (Å²) in [7, 11) is 0. The minimum atomic E-state index is 0.380. The van der Waals surface area contributed by atoms with Gasteiger partial charge in [0, 0.05) is 10.5 Å². The molecule has 4 heteroatoms. The minimum Gasteiger partial charge on any atom is -0.0754 e. The van der Waals surface area contributed by atoms with E-state index in [2.05, 4.69) is 20.9 Å². The summed E-state index contributed by atoms with van der Waals surface area (Å²) in [6, 6.07) is 5.03. The van der Waals surface area contributed by atoms with Crippen molar-refractivity contribution >= 4 is 33.2 Å². The summed E-state index contributed by atoms with van der Waals surface area (Å²) in [6.45, 7) is 0. The van der Waals surface area contributed by atoms with Gasteiger partial charge < -0.3 is 0 Å². The fraction of sp³-hybridized carbons (Fsp3) is 0. The average Bonchev–Trinajstić information content (AvgIpc) is 1.88. The van der Waals surface area contributed by atoms with Crippen molar-refractivity contribution in [3.05, 3.63) is 32.7 Å². The molecule has 1 aromatic rings. The highest BCUT2D eigenvalue weighted by Gasteiger charge is 2.09. The van der Waals surface area contributed by atoms with Crippen LogP contribution >= 0.6 is 27.5 Å².